The van der Waals surface area contributed by atoms with Crippen molar-refractivity contribution in [3.05, 3.63) is 40.9 Å². The van der Waals surface area contributed by atoms with Crippen molar-refractivity contribution in [3.8, 4) is 0 Å². The molecule has 1 aromatic heterocycles. The van der Waals surface area contributed by atoms with Crippen molar-refractivity contribution in [2.24, 2.45) is 0 Å². The van der Waals surface area contributed by atoms with Crippen LogP contribution < -0.4 is 10.0 Å². The topological polar surface area (TPSA) is 84.0 Å². The van der Waals surface area contributed by atoms with Crippen LogP contribution in [0.3, 0.4) is 0 Å². The molecule has 0 atom stereocenters. The van der Waals surface area contributed by atoms with E-state index in [0.29, 0.717) is 11.2 Å². The number of nitrogens with zero attached hydrogens (tertiary/aromatic N) is 2. The Balaban J connectivity index is 1.58. The van der Waals surface area contributed by atoms with Gasteiger partial charge < -0.3 is 5.32 Å². The predicted molar refractivity (Wildman–Crippen MR) is 82.5 cm³/mol. The van der Waals surface area contributed by atoms with Gasteiger partial charge in [-0.05, 0) is 24.0 Å². The summed E-state index contributed by atoms with van der Waals surface area (Å²) in [4.78, 5) is 0. The van der Waals surface area contributed by atoms with E-state index < -0.39 is 10.0 Å². The Morgan fingerprint density at radius 1 is 1.19 bits per heavy atom. The monoisotopic (exact) mass is 324 g/mol. The molecule has 2 aromatic rings. The lowest BCUT2D eigenvalue weighted by molar-refractivity contribution is 0.600. The van der Waals surface area contributed by atoms with Crippen LogP contribution in [0.2, 0.25) is 0 Å². The predicted octanol–water partition coefficient (Wildman–Crippen LogP) is 1.73. The molecule has 0 amide bonds. The fourth-order valence-corrected chi connectivity index (χ4v) is 3.78. The molecule has 6 nitrogen and oxygen atoms in total. The van der Waals surface area contributed by atoms with Gasteiger partial charge in [0.15, 0.2) is 0 Å². The van der Waals surface area contributed by atoms with Gasteiger partial charge in [0, 0.05) is 12.6 Å². The third-order valence-electron chi connectivity index (χ3n) is 3.15. The van der Waals surface area contributed by atoms with Gasteiger partial charge >= 0.3 is 0 Å². The number of hydrogen-bond donors (Lipinski definition) is 2. The van der Waals surface area contributed by atoms with E-state index in [1.165, 1.54) is 23.9 Å². The summed E-state index contributed by atoms with van der Waals surface area (Å²) in [7, 11) is -3.44. The van der Waals surface area contributed by atoms with E-state index in [-0.39, 0.29) is 5.75 Å². The first-order chi connectivity index (χ1) is 10.1. The zero-order valence-electron chi connectivity index (χ0n) is 11.3. The summed E-state index contributed by atoms with van der Waals surface area (Å²) in [5, 5.41) is 11.0. The van der Waals surface area contributed by atoms with Crippen LogP contribution in [-0.4, -0.2) is 24.7 Å². The van der Waals surface area contributed by atoms with Gasteiger partial charge in [-0.3, -0.25) is 4.72 Å². The molecule has 1 saturated carbocycles. The van der Waals surface area contributed by atoms with E-state index in [0.717, 1.165) is 23.4 Å². The van der Waals surface area contributed by atoms with Gasteiger partial charge in [0.05, 0.1) is 5.75 Å². The fraction of sp³-hybridized carbons (Fsp3) is 0.385. The second kappa shape index (κ2) is 6.08. The van der Waals surface area contributed by atoms with Gasteiger partial charge in [-0.1, -0.05) is 35.6 Å². The molecule has 0 aliphatic heterocycles. The lowest BCUT2D eigenvalue weighted by Gasteiger charge is -2.07. The Morgan fingerprint density at radius 3 is 2.52 bits per heavy atom. The maximum absolute atomic E-state index is 12.0. The number of rotatable bonds is 7. The van der Waals surface area contributed by atoms with Gasteiger partial charge in [0.1, 0.15) is 5.51 Å². The molecule has 1 aromatic carbocycles. The molecule has 112 valence electrons. The van der Waals surface area contributed by atoms with E-state index in [1.807, 2.05) is 24.3 Å². The summed E-state index contributed by atoms with van der Waals surface area (Å²) in [5.74, 6) is -0.0666. The highest BCUT2D eigenvalue weighted by Crippen LogP contribution is 2.19. The molecule has 1 aliphatic rings. The lowest BCUT2D eigenvalue weighted by atomic mass is 10.1. The first-order valence-corrected chi connectivity index (χ1v) is 9.22. The summed E-state index contributed by atoms with van der Waals surface area (Å²) in [5.41, 5.74) is 3.40. The zero-order chi connectivity index (χ0) is 14.7. The highest BCUT2D eigenvalue weighted by Gasteiger charge is 2.20. The number of nitrogens with one attached hydrogen (secondary N) is 2. The molecule has 0 saturated heterocycles. The molecule has 0 unspecified atom stereocenters. The maximum Gasteiger partial charge on any atom is 0.238 e. The van der Waals surface area contributed by atoms with Gasteiger partial charge in [-0.2, -0.15) is 0 Å². The standard InChI is InChI=1S/C13H16N4O2S2/c18-21(19,17-13-16-15-9-20-13)8-11-3-1-10(2-4-11)7-14-12-5-6-12/h1-4,9,12,14H,5-8H2,(H,16,17). The molecule has 8 heteroatoms. The van der Waals surface area contributed by atoms with Crippen LogP contribution in [-0.2, 0) is 22.3 Å². The number of hydrogen-bond acceptors (Lipinski definition) is 6. The van der Waals surface area contributed by atoms with Crippen LogP contribution in [0.5, 0.6) is 0 Å². The van der Waals surface area contributed by atoms with Crippen molar-refractivity contribution < 1.29 is 8.42 Å². The van der Waals surface area contributed by atoms with Gasteiger partial charge in [-0.25, -0.2) is 8.42 Å². The van der Waals surface area contributed by atoms with Crippen molar-refractivity contribution in [1.82, 2.24) is 15.5 Å². The Hall–Kier alpha value is -1.51. The highest BCUT2D eigenvalue weighted by molar-refractivity contribution is 7.92. The smallest absolute Gasteiger partial charge is 0.238 e. The van der Waals surface area contributed by atoms with Crippen molar-refractivity contribution >= 4 is 26.5 Å². The minimum Gasteiger partial charge on any atom is -0.310 e. The quantitative estimate of drug-likeness (QED) is 0.810. The van der Waals surface area contributed by atoms with Crippen LogP contribution in [0.25, 0.3) is 0 Å². The Morgan fingerprint density at radius 2 is 1.90 bits per heavy atom. The molecule has 1 fully saturated rings. The second-order valence-corrected chi connectivity index (χ2v) is 7.63. The molecule has 1 aliphatic carbocycles. The summed E-state index contributed by atoms with van der Waals surface area (Å²) < 4.78 is 26.4. The molecular formula is C13H16N4O2S2. The molecule has 3 rings (SSSR count). The number of anilines is 1. The van der Waals surface area contributed by atoms with E-state index in [4.69, 9.17) is 0 Å². The van der Waals surface area contributed by atoms with Crippen LogP contribution in [0.4, 0.5) is 5.13 Å². The van der Waals surface area contributed by atoms with Gasteiger partial charge in [0.25, 0.3) is 0 Å². The van der Waals surface area contributed by atoms with E-state index in [2.05, 4.69) is 20.2 Å². The van der Waals surface area contributed by atoms with Crippen molar-refractivity contribution in [3.63, 3.8) is 0 Å². The number of sulfonamides is 1. The first kappa shape index (κ1) is 14.4. The fourth-order valence-electron chi connectivity index (χ4n) is 1.91. The van der Waals surface area contributed by atoms with E-state index >= 15 is 0 Å². The van der Waals surface area contributed by atoms with Crippen molar-refractivity contribution in [2.45, 2.75) is 31.2 Å². The van der Waals surface area contributed by atoms with Crippen molar-refractivity contribution in [2.75, 3.05) is 4.72 Å². The molecule has 1 heterocycles. The Bertz CT molecular complexity index is 679. The Kier molecular flexibility index (Phi) is 4.18. The third-order valence-corrected chi connectivity index (χ3v) is 5.11. The summed E-state index contributed by atoms with van der Waals surface area (Å²) in [6.45, 7) is 0.834. The normalized spacial score (nSPS) is 15.0. The number of benzene rings is 1. The first-order valence-electron chi connectivity index (χ1n) is 6.68. The van der Waals surface area contributed by atoms with E-state index in [9.17, 15) is 8.42 Å². The summed E-state index contributed by atoms with van der Waals surface area (Å²) >= 11 is 1.16. The van der Waals surface area contributed by atoms with Crippen LogP contribution in [0, 0.1) is 0 Å². The minimum atomic E-state index is -3.44. The maximum atomic E-state index is 12.0. The van der Waals surface area contributed by atoms with Crippen LogP contribution in [0.1, 0.15) is 24.0 Å². The van der Waals surface area contributed by atoms with E-state index in [1.54, 1.807) is 0 Å². The lowest BCUT2D eigenvalue weighted by Crippen LogP contribution is -2.16. The largest absolute Gasteiger partial charge is 0.310 e. The molecule has 0 radical (unpaired) electrons. The number of aromatic nitrogens is 2. The molecule has 2 N–H and O–H groups in total. The summed E-state index contributed by atoms with van der Waals surface area (Å²) in [6, 6.07) is 8.30. The summed E-state index contributed by atoms with van der Waals surface area (Å²) in [6.07, 6.45) is 2.52. The average Bonchev–Trinajstić information content (AvgIpc) is 3.14. The van der Waals surface area contributed by atoms with Gasteiger partial charge in [-0.15, -0.1) is 10.2 Å². The molecule has 21 heavy (non-hydrogen) atoms. The Labute approximate surface area is 127 Å². The van der Waals surface area contributed by atoms with Crippen molar-refractivity contribution in [1.29, 1.82) is 0 Å². The van der Waals surface area contributed by atoms with Crippen LogP contribution >= 0.6 is 11.3 Å². The van der Waals surface area contributed by atoms with Gasteiger partial charge in [0.2, 0.25) is 15.2 Å². The molecule has 0 bridgehead atoms. The molecular weight excluding hydrogens is 308 g/mol. The highest BCUT2D eigenvalue weighted by atomic mass is 32.2. The second-order valence-electron chi connectivity index (χ2n) is 5.08. The minimum absolute atomic E-state index is 0.0666. The average molecular weight is 324 g/mol. The van der Waals surface area contributed by atoms with Crippen LogP contribution in [0.15, 0.2) is 29.8 Å². The third kappa shape index (κ3) is 4.48. The zero-order valence-corrected chi connectivity index (χ0v) is 13.0. The molecule has 0 spiro atoms. The SMILES string of the molecule is O=S(=O)(Cc1ccc(CNC2CC2)cc1)Nc1nncs1.